The lowest BCUT2D eigenvalue weighted by molar-refractivity contribution is 0.383. The van der Waals surface area contributed by atoms with Crippen LogP contribution in [0.3, 0.4) is 0 Å². The average Bonchev–Trinajstić information content (AvgIpc) is 3.40. The lowest BCUT2D eigenvalue weighted by Gasteiger charge is -2.12. The topological polar surface area (TPSA) is 115 Å². The van der Waals surface area contributed by atoms with Crippen molar-refractivity contribution in [2.24, 2.45) is 0 Å². The third kappa shape index (κ3) is 4.42. The van der Waals surface area contributed by atoms with Gasteiger partial charge < -0.3 is 19.7 Å². The van der Waals surface area contributed by atoms with Crippen molar-refractivity contribution in [2.45, 2.75) is 58.5 Å². The summed E-state index contributed by atoms with van der Waals surface area (Å²) in [5.74, 6) is 3.74. The lowest BCUT2D eigenvalue weighted by atomic mass is 10.1. The molecular weight excluding hydrogens is 346 g/mol. The van der Waals surface area contributed by atoms with Crippen LogP contribution in [0, 0.1) is 13.8 Å². The van der Waals surface area contributed by atoms with Crippen molar-refractivity contribution in [2.75, 3.05) is 10.6 Å². The molecule has 3 aromatic heterocycles. The van der Waals surface area contributed by atoms with Crippen molar-refractivity contribution in [3.63, 3.8) is 0 Å². The van der Waals surface area contributed by atoms with Crippen molar-refractivity contribution in [3.8, 4) is 0 Å². The number of nitrogens with one attached hydrogen (secondary N) is 2. The molecule has 1 fully saturated rings. The molecule has 3 heterocycles. The number of aryl methyl sites for hydroxylation is 2. The van der Waals surface area contributed by atoms with E-state index < -0.39 is 0 Å². The van der Waals surface area contributed by atoms with Crippen LogP contribution in [0.1, 0.15) is 60.3 Å². The first-order valence-corrected chi connectivity index (χ1v) is 9.24. The maximum atomic E-state index is 5.24. The fourth-order valence-electron chi connectivity index (χ4n) is 3.25. The third-order valence-electron chi connectivity index (χ3n) is 4.57. The first kappa shape index (κ1) is 17.4. The van der Waals surface area contributed by atoms with E-state index in [-0.39, 0.29) is 0 Å². The minimum atomic E-state index is 0.383. The van der Waals surface area contributed by atoms with Gasteiger partial charge in [-0.25, -0.2) is 0 Å². The van der Waals surface area contributed by atoms with E-state index >= 15 is 0 Å². The molecule has 0 aromatic carbocycles. The van der Waals surface area contributed by atoms with Crippen LogP contribution in [0.15, 0.2) is 21.2 Å². The Morgan fingerprint density at radius 3 is 1.81 bits per heavy atom. The summed E-state index contributed by atoms with van der Waals surface area (Å²) in [4.78, 5) is 13.7. The largest absolute Gasteiger partial charge is 0.359 e. The van der Waals surface area contributed by atoms with Gasteiger partial charge in [0.05, 0.1) is 24.5 Å². The summed E-state index contributed by atoms with van der Waals surface area (Å²) in [6.07, 6.45) is 4.67. The molecule has 0 unspecified atom stereocenters. The highest BCUT2D eigenvalue weighted by Crippen LogP contribution is 2.32. The highest BCUT2D eigenvalue weighted by molar-refractivity contribution is 5.36. The first-order valence-electron chi connectivity index (χ1n) is 9.24. The monoisotopic (exact) mass is 369 g/mol. The van der Waals surface area contributed by atoms with Crippen molar-refractivity contribution in [1.82, 2.24) is 25.3 Å². The predicted octanol–water partition coefficient (Wildman–Crippen LogP) is 3.35. The van der Waals surface area contributed by atoms with Gasteiger partial charge in [0.1, 0.15) is 5.82 Å². The van der Waals surface area contributed by atoms with Crippen LogP contribution in [-0.4, -0.2) is 25.3 Å². The molecule has 27 heavy (non-hydrogen) atoms. The molecule has 0 amide bonds. The fraction of sp³-hybridized carbons (Fsp3) is 0.500. The van der Waals surface area contributed by atoms with E-state index in [1.165, 1.54) is 12.8 Å². The van der Waals surface area contributed by atoms with Crippen LogP contribution >= 0.6 is 0 Å². The summed E-state index contributed by atoms with van der Waals surface area (Å²) >= 11 is 0. The van der Waals surface area contributed by atoms with E-state index in [4.69, 9.17) is 9.05 Å². The molecule has 0 aliphatic heterocycles. The standard InChI is InChI=1S/C18H23N7O2/c1-11-7-14(26-24-11)9-19-17-21-16(13-5-3-4-6-13)22-18(23-17)20-10-15-8-12(2)25-27-15/h7-8,13H,3-6,9-10H2,1-2H3,(H2,19,20,21,22,23). The summed E-state index contributed by atoms with van der Waals surface area (Å²) in [5.41, 5.74) is 1.69. The summed E-state index contributed by atoms with van der Waals surface area (Å²) in [7, 11) is 0. The van der Waals surface area contributed by atoms with E-state index in [9.17, 15) is 0 Å². The normalized spacial score (nSPS) is 14.6. The zero-order valence-electron chi connectivity index (χ0n) is 15.5. The van der Waals surface area contributed by atoms with Crippen LogP contribution < -0.4 is 10.6 Å². The third-order valence-corrected chi connectivity index (χ3v) is 4.57. The Balaban J connectivity index is 1.50. The zero-order chi connectivity index (χ0) is 18.6. The van der Waals surface area contributed by atoms with Gasteiger partial charge in [0.2, 0.25) is 11.9 Å². The Morgan fingerprint density at radius 1 is 0.852 bits per heavy atom. The van der Waals surface area contributed by atoms with Crippen LogP contribution in [0.4, 0.5) is 11.9 Å². The fourth-order valence-corrected chi connectivity index (χ4v) is 3.25. The van der Waals surface area contributed by atoms with E-state index in [0.717, 1.165) is 41.6 Å². The van der Waals surface area contributed by atoms with Gasteiger partial charge in [0.15, 0.2) is 11.5 Å². The van der Waals surface area contributed by atoms with Gasteiger partial charge in [-0.1, -0.05) is 23.2 Å². The molecule has 1 aliphatic carbocycles. The Kier molecular flexibility index (Phi) is 4.99. The minimum absolute atomic E-state index is 0.383. The predicted molar refractivity (Wildman–Crippen MR) is 98.2 cm³/mol. The maximum Gasteiger partial charge on any atom is 0.228 e. The zero-order valence-corrected chi connectivity index (χ0v) is 15.5. The Hall–Kier alpha value is -2.97. The Bertz CT molecular complexity index is 836. The number of nitrogens with zero attached hydrogens (tertiary/aromatic N) is 5. The van der Waals surface area contributed by atoms with Crippen LogP contribution in [0.2, 0.25) is 0 Å². The first-order chi connectivity index (χ1) is 13.2. The van der Waals surface area contributed by atoms with Crippen LogP contribution in [0.5, 0.6) is 0 Å². The molecule has 0 saturated heterocycles. The van der Waals surface area contributed by atoms with Gasteiger partial charge >= 0.3 is 0 Å². The summed E-state index contributed by atoms with van der Waals surface area (Å²) in [6.45, 7) is 4.72. The highest BCUT2D eigenvalue weighted by atomic mass is 16.5. The smallest absolute Gasteiger partial charge is 0.228 e. The van der Waals surface area contributed by atoms with Crippen molar-refractivity contribution in [1.29, 1.82) is 0 Å². The summed E-state index contributed by atoms with van der Waals surface area (Å²) < 4.78 is 10.5. The number of aromatic nitrogens is 5. The highest BCUT2D eigenvalue weighted by Gasteiger charge is 2.21. The Labute approximate surface area is 157 Å². The van der Waals surface area contributed by atoms with Crippen molar-refractivity contribution in [3.05, 3.63) is 40.9 Å². The molecule has 3 aromatic rings. The molecule has 0 bridgehead atoms. The van der Waals surface area contributed by atoms with Gasteiger partial charge in [-0.3, -0.25) is 0 Å². The molecule has 142 valence electrons. The molecule has 1 saturated carbocycles. The Morgan fingerprint density at radius 2 is 1.37 bits per heavy atom. The second kappa shape index (κ2) is 7.73. The van der Waals surface area contributed by atoms with Gasteiger partial charge in [-0.05, 0) is 26.7 Å². The van der Waals surface area contributed by atoms with E-state index in [0.29, 0.717) is 30.9 Å². The number of rotatable bonds is 7. The molecular formula is C18H23N7O2. The summed E-state index contributed by atoms with van der Waals surface area (Å²) in [6, 6.07) is 3.77. The molecule has 4 rings (SSSR count). The second-order valence-electron chi connectivity index (χ2n) is 6.90. The van der Waals surface area contributed by atoms with E-state index in [1.54, 1.807) is 0 Å². The molecule has 9 nitrogen and oxygen atoms in total. The van der Waals surface area contributed by atoms with Crippen molar-refractivity contribution >= 4 is 11.9 Å². The van der Waals surface area contributed by atoms with Crippen LogP contribution in [0.25, 0.3) is 0 Å². The van der Waals surface area contributed by atoms with E-state index in [2.05, 4.69) is 35.9 Å². The number of hydrogen-bond acceptors (Lipinski definition) is 9. The summed E-state index contributed by atoms with van der Waals surface area (Å²) in [5, 5.41) is 14.2. The SMILES string of the molecule is Cc1cc(CNc2nc(NCc3cc(C)no3)nc(C3CCCC3)n2)on1. The molecule has 0 atom stereocenters. The van der Waals surface area contributed by atoms with Gasteiger partial charge in [-0.2, -0.15) is 15.0 Å². The van der Waals surface area contributed by atoms with Crippen molar-refractivity contribution < 1.29 is 9.05 Å². The molecule has 2 N–H and O–H groups in total. The quantitative estimate of drug-likeness (QED) is 0.647. The van der Waals surface area contributed by atoms with Gasteiger partial charge in [-0.15, -0.1) is 0 Å². The minimum Gasteiger partial charge on any atom is -0.359 e. The molecule has 0 spiro atoms. The number of hydrogen-bond donors (Lipinski definition) is 2. The van der Waals surface area contributed by atoms with E-state index in [1.807, 2.05) is 26.0 Å². The molecule has 9 heteroatoms. The van der Waals surface area contributed by atoms with Gasteiger partial charge in [0, 0.05) is 18.1 Å². The lowest BCUT2D eigenvalue weighted by Crippen LogP contribution is -2.12. The number of anilines is 2. The maximum absolute atomic E-state index is 5.24. The van der Waals surface area contributed by atoms with Crippen LogP contribution in [-0.2, 0) is 13.1 Å². The average molecular weight is 369 g/mol. The second-order valence-corrected chi connectivity index (χ2v) is 6.90. The molecule has 1 aliphatic rings. The van der Waals surface area contributed by atoms with Gasteiger partial charge in [0.25, 0.3) is 0 Å². The molecule has 0 radical (unpaired) electrons.